The summed E-state index contributed by atoms with van der Waals surface area (Å²) in [7, 11) is 0. The Bertz CT molecular complexity index is 879. The molecule has 0 atom stereocenters. The highest BCUT2D eigenvalue weighted by molar-refractivity contribution is 9.10. The average Bonchev–Trinajstić information content (AvgIpc) is 2.89. The molecule has 3 aromatic rings. The Balaban J connectivity index is 1.98. The Morgan fingerprint density at radius 1 is 1.22 bits per heavy atom. The highest BCUT2D eigenvalue weighted by atomic mass is 79.9. The van der Waals surface area contributed by atoms with E-state index in [1.54, 1.807) is 0 Å². The van der Waals surface area contributed by atoms with Gasteiger partial charge in [-0.3, -0.25) is 9.36 Å². The number of hydrogen-bond donors (Lipinski definition) is 1. The molecule has 0 saturated heterocycles. The highest BCUT2D eigenvalue weighted by Crippen LogP contribution is 2.26. The summed E-state index contributed by atoms with van der Waals surface area (Å²) < 4.78 is 2.47. The lowest BCUT2D eigenvalue weighted by molar-refractivity contribution is -0.133. The van der Waals surface area contributed by atoms with E-state index in [1.165, 1.54) is 16.3 Å². The van der Waals surface area contributed by atoms with Crippen LogP contribution < -0.4 is 0 Å². The van der Waals surface area contributed by atoms with Gasteiger partial charge in [0.25, 0.3) is 0 Å². The molecule has 0 aliphatic rings. The van der Waals surface area contributed by atoms with Crippen LogP contribution >= 0.6 is 27.7 Å². The molecule has 1 heterocycles. The first-order valence-electron chi connectivity index (χ1n) is 6.97. The van der Waals surface area contributed by atoms with E-state index in [4.69, 9.17) is 5.11 Å². The summed E-state index contributed by atoms with van der Waals surface area (Å²) in [6.07, 6.45) is 0. The molecule has 3 rings (SSSR count). The zero-order valence-corrected chi connectivity index (χ0v) is 14.8. The van der Waals surface area contributed by atoms with Gasteiger partial charge in [-0.15, -0.1) is 10.2 Å². The number of thioether (sulfide) groups is 1. The van der Waals surface area contributed by atoms with Crippen LogP contribution in [0.3, 0.4) is 0 Å². The monoisotopic (exact) mass is 391 g/mol. The molecule has 0 aliphatic carbocycles. The normalized spacial score (nSPS) is 11.0. The fourth-order valence-corrected chi connectivity index (χ4v) is 3.61. The van der Waals surface area contributed by atoms with E-state index < -0.39 is 5.97 Å². The van der Waals surface area contributed by atoms with Crippen molar-refractivity contribution in [3.63, 3.8) is 0 Å². The molecule has 5 nitrogen and oxygen atoms in total. The quantitative estimate of drug-likeness (QED) is 0.671. The van der Waals surface area contributed by atoms with Gasteiger partial charge in [-0.2, -0.15) is 0 Å². The summed E-state index contributed by atoms with van der Waals surface area (Å²) in [6, 6.07) is 12.4. The lowest BCUT2D eigenvalue weighted by Gasteiger charge is -2.11. The second-order valence-corrected chi connectivity index (χ2v) is 6.76. The summed E-state index contributed by atoms with van der Waals surface area (Å²) >= 11 is 4.55. The predicted octanol–water partition coefficient (Wildman–Crippen LogP) is 3.73. The molecule has 0 fully saturated rings. The number of aliphatic carboxylic acids is 1. The molecule has 0 radical (unpaired) electrons. The maximum Gasteiger partial charge on any atom is 0.313 e. The van der Waals surface area contributed by atoms with Crippen molar-refractivity contribution in [2.45, 2.75) is 18.6 Å². The second kappa shape index (κ2) is 6.72. The first kappa shape index (κ1) is 16.0. The van der Waals surface area contributed by atoms with Crippen LogP contribution in [0.1, 0.15) is 11.1 Å². The van der Waals surface area contributed by atoms with Crippen LogP contribution in [-0.4, -0.2) is 31.6 Å². The molecule has 23 heavy (non-hydrogen) atoms. The van der Waals surface area contributed by atoms with Crippen molar-refractivity contribution in [3.05, 3.63) is 52.3 Å². The van der Waals surface area contributed by atoms with E-state index >= 15 is 0 Å². The van der Waals surface area contributed by atoms with Gasteiger partial charge in [-0.05, 0) is 44.8 Å². The van der Waals surface area contributed by atoms with Crippen molar-refractivity contribution in [1.82, 2.24) is 14.8 Å². The average molecular weight is 392 g/mol. The number of aromatic nitrogens is 3. The lowest BCUT2D eigenvalue weighted by Crippen LogP contribution is -2.05. The molecule has 0 saturated carbocycles. The summed E-state index contributed by atoms with van der Waals surface area (Å²) in [5, 5.41) is 19.9. The fourth-order valence-electron chi connectivity index (χ4n) is 2.46. The molecule has 0 bridgehead atoms. The molecule has 2 aromatic carbocycles. The van der Waals surface area contributed by atoms with Gasteiger partial charge in [0, 0.05) is 0 Å². The third kappa shape index (κ3) is 3.40. The van der Waals surface area contributed by atoms with Crippen LogP contribution in [-0.2, 0) is 11.3 Å². The predicted molar refractivity (Wildman–Crippen MR) is 93.9 cm³/mol. The fraction of sp³-hybridized carbons (Fsp3) is 0.188. The number of nitrogens with zero attached hydrogens (tertiary/aromatic N) is 3. The maximum atomic E-state index is 10.8. The van der Waals surface area contributed by atoms with Gasteiger partial charge < -0.3 is 5.11 Å². The third-order valence-electron chi connectivity index (χ3n) is 3.56. The number of halogens is 1. The van der Waals surface area contributed by atoms with Crippen LogP contribution in [0.15, 0.2) is 46.3 Å². The number of rotatable bonds is 5. The van der Waals surface area contributed by atoms with E-state index in [0.717, 1.165) is 17.3 Å². The van der Waals surface area contributed by atoms with E-state index in [2.05, 4.69) is 57.3 Å². The van der Waals surface area contributed by atoms with Crippen molar-refractivity contribution in [3.8, 4) is 0 Å². The van der Waals surface area contributed by atoms with Crippen LogP contribution in [0, 0.1) is 6.92 Å². The molecule has 0 spiro atoms. The smallest absolute Gasteiger partial charge is 0.313 e. The topological polar surface area (TPSA) is 68.0 Å². The molecule has 1 N–H and O–H groups in total. The van der Waals surface area contributed by atoms with Gasteiger partial charge in [-0.25, -0.2) is 0 Å². The van der Waals surface area contributed by atoms with Crippen LogP contribution in [0.4, 0.5) is 0 Å². The third-order valence-corrected chi connectivity index (χ3v) is 5.10. The largest absolute Gasteiger partial charge is 0.481 e. The summed E-state index contributed by atoms with van der Waals surface area (Å²) in [6.45, 7) is 2.67. The van der Waals surface area contributed by atoms with E-state index in [0.29, 0.717) is 16.4 Å². The van der Waals surface area contributed by atoms with E-state index in [9.17, 15) is 4.79 Å². The number of carbonyl (C=O) groups is 1. The number of hydrogen-bond acceptors (Lipinski definition) is 4. The van der Waals surface area contributed by atoms with E-state index in [-0.39, 0.29) is 5.75 Å². The summed E-state index contributed by atoms with van der Waals surface area (Å²) in [4.78, 5) is 10.8. The molecule has 7 heteroatoms. The Morgan fingerprint density at radius 2 is 1.96 bits per heavy atom. The standard InChI is InChI=1S/C16H14BrN3O2S/c1-10-6-7-11(13-5-3-2-4-12(10)13)8-20-15(17)18-19-16(20)23-9-14(21)22/h2-7H,8-9H2,1H3,(H,21,22). The van der Waals surface area contributed by atoms with Crippen molar-refractivity contribution in [2.75, 3.05) is 5.75 Å². The van der Waals surface area contributed by atoms with Gasteiger partial charge in [0.05, 0.1) is 12.3 Å². The number of carboxylic acid groups (broad SMARTS) is 1. The van der Waals surface area contributed by atoms with Crippen LogP contribution in [0.25, 0.3) is 10.8 Å². The Labute approximate surface area is 145 Å². The Hall–Kier alpha value is -1.86. The number of aryl methyl sites for hydroxylation is 1. The molecule has 0 aliphatic heterocycles. The molecular weight excluding hydrogens is 378 g/mol. The van der Waals surface area contributed by atoms with Gasteiger partial charge >= 0.3 is 5.97 Å². The minimum absolute atomic E-state index is 0.0419. The Kier molecular flexibility index (Phi) is 4.68. The Morgan fingerprint density at radius 3 is 2.70 bits per heavy atom. The highest BCUT2D eigenvalue weighted by Gasteiger charge is 2.14. The second-order valence-electron chi connectivity index (χ2n) is 5.11. The minimum Gasteiger partial charge on any atom is -0.481 e. The zero-order valence-electron chi connectivity index (χ0n) is 12.4. The summed E-state index contributed by atoms with van der Waals surface area (Å²) in [5.74, 6) is -0.916. The van der Waals surface area contributed by atoms with Crippen molar-refractivity contribution in [1.29, 1.82) is 0 Å². The zero-order chi connectivity index (χ0) is 16.4. The molecular formula is C16H14BrN3O2S. The number of carboxylic acids is 1. The lowest BCUT2D eigenvalue weighted by atomic mass is 10.0. The molecule has 118 valence electrons. The summed E-state index contributed by atoms with van der Waals surface area (Å²) in [5.41, 5.74) is 2.37. The van der Waals surface area contributed by atoms with Gasteiger partial charge in [0.15, 0.2) is 5.16 Å². The van der Waals surface area contributed by atoms with Crippen molar-refractivity contribution >= 4 is 44.4 Å². The molecule has 0 unspecified atom stereocenters. The van der Waals surface area contributed by atoms with Gasteiger partial charge in [0.2, 0.25) is 4.73 Å². The number of benzene rings is 2. The SMILES string of the molecule is Cc1ccc(Cn2c(Br)nnc2SCC(=O)O)c2ccccc12. The van der Waals surface area contributed by atoms with Crippen LogP contribution in [0.5, 0.6) is 0 Å². The molecule has 1 aromatic heterocycles. The number of fused-ring (bicyclic) bond motifs is 1. The van der Waals surface area contributed by atoms with Crippen molar-refractivity contribution in [2.24, 2.45) is 0 Å². The first-order chi connectivity index (χ1) is 11.1. The molecule has 0 amide bonds. The van der Waals surface area contributed by atoms with Gasteiger partial charge in [-0.1, -0.05) is 48.2 Å². The van der Waals surface area contributed by atoms with Crippen molar-refractivity contribution < 1.29 is 9.90 Å². The van der Waals surface area contributed by atoms with E-state index in [1.807, 2.05) is 16.7 Å². The first-order valence-corrected chi connectivity index (χ1v) is 8.74. The minimum atomic E-state index is -0.874. The maximum absolute atomic E-state index is 10.8. The van der Waals surface area contributed by atoms with Gasteiger partial charge in [0.1, 0.15) is 0 Å². The van der Waals surface area contributed by atoms with Crippen LogP contribution in [0.2, 0.25) is 0 Å².